The van der Waals surface area contributed by atoms with Crippen molar-refractivity contribution in [2.24, 2.45) is 0 Å². The quantitative estimate of drug-likeness (QED) is 0.638. The zero-order chi connectivity index (χ0) is 18.8. The first-order valence-electron chi connectivity index (χ1n) is 8.34. The molecule has 2 aromatic rings. The number of hydrogen-bond donors (Lipinski definition) is 0. The Bertz CT molecular complexity index is 712. The second-order valence-electron chi connectivity index (χ2n) is 5.53. The van der Waals surface area contributed by atoms with Crippen LogP contribution in [0.2, 0.25) is 0 Å². The predicted octanol–water partition coefficient (Wildman–Crippen LogP) is 3.90. The van der Waals surface area contributed by atoms with Gasteiger partial charge in [0.2, 0.25) is 5.75 Å². The summed E-state index contributed by atoms with van der Waals surface area (Å²) >= 11 is 0. The molecule has 0 heterocycles. The Morgan fingerprint density at radius 2 is 1.62 bits per heavy atom. The number of carbonyl (C=O) groups excluding carboxylic acids is 1. The molecular weight excluding hydrogens is 332 g/mol. The lowest BCUT2D eigenvalue weighted by Gasteiger charge is -2.14. The molecule has 0 saturated carbocycles. The van der Waals surface area contributed by atoms with Crippen molar-refractivity contribution in [1.29, 1.82) is 0 Å². The standard InChI is InChI=1S/C21H24O5/c1-23-18-14-17(15-19(24-2)21(18)25-3)11-12-20(22)26-13-7-10-16-8-5-4-6-9-16/h4-10,14-15H,11-13H2,1-3H3. The number of hydrogen-bond acceptors (Lipinski definition) is 5. The van der Waals surface area contributed by atoms with Gasteiger partial charge < -0.3 is 18.9 Å². The van der Waals surface area contributed by atoms with Crippen LogP contribution in [0.5, 0.6) is 17.2 Å². The summed E-state index contributed by atoms with van der Waals surface area (Å²) in [5, 5.41) is 0. The molecule has 26 heavy (non-hydrogen) atoms. The average Bonchev–Trinajstić information content (AvgIpc) is 2.69. The third-order valence-corrected chi connectivity index (χ3v) is 3.79. The van der Waals surface area contributed by atoms with Crippen LogP contribution in [0.4, 0.5) is 0 Å². The molecule has 0 aliphatic heterocycles. The van der Waals surface area contributed by atoms with Crippen LogP contribution in [-0.4, -0.2) is 33.9 Å². The molecule has 0 atom stereocenters. The Balaban J connectivity index is 1.86. The molecule has 5 nitrogen and oxygen atoms in total. The van der Waals surface area contributed by atoms with Crippen molar-refractivity contribution in [1.82, 2.24) is 0 Å². The third kappa shape index (κ3) is 5.55. The van der Waals surface area contributed by atoms with Crippen LogP contribution in [0.25, 0.3) is 6.08 Å². The number of esters is 1. The molecule has 0 fully saturated rings. The van der Waals surface area contributed by atoms with E-state index in [9.17, 15) is 4.79 Å². The third-order valence-electron chi connectivity index (χ3n) is 3.79. The number of rotatable bonds is 9. The van der Waals surface area contributed by atoms with E-state index in [1.54, 1.807) is 21.3 Å². The van der Waals surface area contributed by atoms with E-state index in [1.165, 1.54) is 0 Å². The molecule has 0 unspecified atom stereocenters. The first-order chi connectivity index (χ1) is 12.7. The summed E-state index contributed by atoms with van der Waals surface area (Å²) in [4.78, 5) is 11.9. The van der Waals surface area contributed by atoms with E-state index in [2.05, 4.69) is 0 Å². The van der Waals surface area contributed by atoms with Crippen molar-refractivity contribution in [2.45, 2.75) is 12.8 Å². The van der Waals surface area contributed by atoms with E-state index in [0.29, 0.717) is 23.7 Å². The largest absolute Gasteiger partial charge is 0.493 e. The summed E-state index contributed by atoms with van der Waals surface area (Å²) in [7, 11) is 4.68. The van der Waals surface area contributed by atoms with Gasteiger partial charge in [0.1, 0.15) is 6.61 Å². The molecule has 2 aromatic carbocycles. The van der Waals surface area contributed by atoms with Gasteiger partial charge in [-0.1, -0.05) is 36.4 Å². The fraction of sp³-hybridized carbons (Fsp3) is 0.286. The zero-order valence-electron chi connectivity index (χ0n) is 15.4. The van der Waals surface area contributed by atoms with Crippen LogP contribution in [0.1, 0.15) is 17.5 Å². The van der Waals surface area contributed by atoms with Crippen LogP contribution in [0.3, 0.4) is 0 Å². The number of ether oxygens (including phenoxy) is 4. The first-order valence-corrected chi connectivity index (χ1v) is 8.34. The van der Waals surface area contributed by atoms with Crippen molar-refractivity contribution in [3.8, 4) is 17.2 Å². The van der Waals surface area contributed by atoms with E-state index < -0.39 is 0 Å². The summed E-state index contributed by atoms with van der Waals surface area (Å²) < 4.78 is 21.2. The SMILES string of the molecule is COc1cc(CCC(=O)OCC=Cc2ccccc2)cc(OC)c1OC. The van der Waals surface area contributed by atoms with Crippen LogP contribution < -0.4 is 14.2 Å². The summed E-state index contributed by atoms with van der Waals surface area (Å²) in [6, 6.07) is 13.5. The molecule has 0 aliphatic rings. The lowest BCUT2D eigenvalue weighted by Crippen LogP contribution is -2.06. The molecule has 0 saturated heterocycles. The van der Waals surface area contributed by atoms with Crippen LogP contribution in [0, 0.1) is 0 Å². The van der Waals surface area contributed by atoms with E-state index in [1.807, 2.05) is 54.6 Å². The van der Waals surface area contributed by atoms with Gasteiger partial charge in [0.25, 0.3) is 0 Å². The number of aryl methyl sites for hydroxylation is 1. The highest BCUT2D eigenvalue weighted by Crippen LogP contribution is 2.38. The topological polar surface area (TPSA) is 54.0 Å². The van der Waals surface area contributed by atoms with E-state index in [-0.39, 0.29) is 19.0 Å². The average molecular weight is 356 g/mol. The highest BCUT2D eigenvalue weighted by atomic mass is 16.5. The second kappa shape index (κ2) is 10.1. The van der Waals surface area contributed by atoms with Crippen molar-refractivity contribution in [3.63, 3.8) is 0 Å². The second-order valence-corrected chi connectivity index (χ2v) is 5.53. The highest BCUT2D eigenvalue weighted by molar-refractivity contribution is 5.70. The van der Waals surface area contributed by atoms with Crippen molar-refractivity contribution >= 4 is 12.0 Å². The zero-order valence-corrected chi connectivity index (χ0v) is 15.4. The minimum absolute atomic E-state index is 0.253. The van der Waals surface area contributed by atoms with Gasteiger partial charge in [0, 0.05) is 6.42 Å². The number of benzene rings is 2. The van der Waals surface area contributed by atoms with Crippen LogP contribution >= 0.6 is 0 Å². The van der Waals surface area contributed by atoms with Gasteiger partial charge in [-0.15, -0.1) is 0 Å². The Morgan fingerprint density at radius 1 is 0.962 bits per heavy atom. The van der Waals surface area contributed by atoms with Crippen molar-refractivity contribution < 1.29 is 23.7 Å². The molecule has 5 heteroatoms. The molecule has 0 spiro atoms. The predicted molar refractivity (Wildman–Crippen MR) is 101 cm³/mol. The van der Waals surface area contributed by atoms with Crippen LogP contribution in [0.15, 0.2) is 48.5 Å². The van der Waals surface area contributed by atoms with Gasteiger partial charge in [-0.05, 0) is 35.8 Å². The van der Waals surface area contributed by atoms with Crippen molar-refractivity contribution in [2.75, 3.05) is 27.9 Å². The maximum atomic E-state index is 11.9. The normalized spacial score (nSPS) is 10.6. The molecular formula is C21H24O5. The Kier molecular flexibility index (Phi) is 7.55. The molecule has 0 radical (unpaired) electrons. The Morgan fingerprint density at radius 3 is 2.19 bits per heavy atom. The minimum atomic E-state index is -0.253. The molecule has 138 valence electrons. The van der Waals surface area contributed by atoms with Gasteiger partial charge in [0.05, 0.1) is 21.3 Å². The maximum Gasteiger partial charge on any atom is 0.306 e. The fourth-order valence-electron chi connectivity index (χ4n) is 2.49. The Labute approximate surface area is 154 Å². The maximum absolute atomic E-state index is 11.9. The molecule has 0 aliphatic carbocycles. The van der Waals surface area contributed by atoms with Crippen molar-refractivity contribution in [3.05, 3.63) is 59.7 Å². The lowest BCUT2D eigenvalue weighted by atomic mass is 10.1. The fourth-order valence-corrected chi connectivity index (χ4v) is 2.49. The van der Waals surface area contributed by atoms with E-state index in [0.717, 1.165) is 11.1 Å². The molecule has 0 bridgehead atoms. The molecule has 0 aromatic heterocycles. The van der Waals surface area contributed by atoms with Crippen LogP contribution in [-0.2, 0) is 16.0 Å². The first kappa shape index (κ1) is 19.4. The van der Waals surface area contributed by atoms with E-state index in [4.69, 9.17) is 18.9 Å². The van der Waals surface area contributed by atoms with Gasteiger partial charge in [-0.3, -0.25) is 4.79 Å². The smallest absolute Gasteiger partial charge is 0.306 e. The highest BCUT2D eigenvalue weighted by Gasteiger charge is 2.14. The summed E-state index contributed by atoms with van der Waals surface area (Å²) in [5.74, 6) is 1.42. The van der Waals surface area contributed by atoms with Gasteiger partial charge in [-0.2, -0.15) is 0 Å². The molecule has 0 amide bonds. The summed E-state index contributed by atoms with van der Waals surface area (Å²) in [6.07, 6.45) is 4.55. The minimum Gasteiger partial charge on any atom is -0.493 e. The Hall–Kier alpha value is -2.95. The number of methoxy groups -OCH3 is 3. The lowest BCUT2D eigenvalue weighted by molar-refractivity contribution is -0.142. The van der Waals surface area contributed by atoms with Gasteiger partial charge >= 0.3 is 5.97 Å². The molecule has 0 N–H and O–H groups in total. The van der Waals surface area contributed by atoms with Gasteiger partial charge in [0.15, 0.2) is 11.5 Å². The van der Waals surface area contributed by atoms with Gasteiger partial charge in [-0.25, -0.2) is 0 Å². The summed E-state index contributed by atoms with van der Waals surface area (Å²) in [5.41, 5.74) is 1.98. The monoisotopic (exact) mass is 356 g/mol. The number of carbonyl (C=O) groups is 1. The molecule has 2 rings (SSSR count). The van der Waals surface area contributed by atoms with E-state index >= 15 is 0 Å². The summed E-state index contributed by atoms with van der Waals surface area (Å²) in [6.45, 7) is 0.253.